The van der Waals surface area contributed by atoms with Crippen molar-refractivity contribution in [1.29, 1.82) is 0 Å². The van der Waals surface area contributed by atoms with E-state index in [0.29, 0.717) is 31.7 Å². The fourth-order valence-electron chi connectivity index (χ4n) is 1.61. The van der Waals surface area contributed by atoms with Crippen molar-refractivity contribution in [3.8, 4) is 0 Å². The molecule has 0 spiro atoms. The van der Waals surface area contributed by atoms with E-state index in [4.69, 9.17) is 5.73 Å². The van der Waals surface area contributed by atoms with Gasteiger partial charge in [-0.25, -0.2) is 0 Å². The normalized spacial score (nSPS) is 12.4. The lowest BCUT2D eigenvalue weighted by molar-refractivity contribution is -0.131. The van der Waals surface area contributed by atoms with Crippen molar-refractivity contribution in [3.05, 3.63) is 0 Å². The van der Waals surface area contributed by atoms with Gasteiger partial charge in [0, 0.05) is 46.6 Å². The highest BCUT2D eigenvalue weighted by Crippen LogP contribution is 2.06. The number of hydrogen-bond donors (Lipinski definition) is 1. The average Bonchev–Trinajstić information content (AvgIpc) is 2.34. The van der Waals surface area contributed by atoms with Gasteiger partial charge in [0.1, 0.15) is 0 Å². The van der Waals surface area contributed by atoms with Crippen molar-refractivity contribution in [2.24, 2.45) is 11.7 Å². The fraction of sp³-hybridized carbons (Fsp3) is 0.857. The van der Waals surface area contributed by atoms with Gasteiger partial charge in [-0.2, -0.15) is 0 Å². The van der Waals surface area contributed by atoms with Crippen LogP contribution >= 0.6 is 0 Å². The molecule has 1 atom stereocenters. The molecule has 0 aliphatic carbocycles. The largest absolute Gasteiger partial charge is 0.349 e. The van der Waals surface area contributed by atoms with Gasteiger partial charge in [-0.05, 0) is 18.8 Å². The molecule has 0 aromatic carbocycles. The SMILES string of the molecule is CC(C)C(N)CCN(C)C(=O)CCCC(=O)N(C)C. The van der Waals surface area contributed by atoms with Crippen molar-refractivity contribution in [1.82, 2.24) is 9.80 Å². The zero-order valence-corrected chi connectivity index (χ0v) is 13.0. The Balaban J connectivity index is 3.85. The molecule has 5 nitrogen and oxygen atoms in total. The maximum absolute atomic E-state index is 11.8. The van der Waals surface area contributed by atoms with Crippen molar-refractivity contribution in [2.75, 3.05) is 27.7 Å². The summed E-state index contributed by atoms with van der Waals surface area (Å²) in [5.74, 6) is 0.584. The summed E-state index contributed by atoms with van der Waals surface area (Å²) in [7, 11) is 5.25. The minimum atomic E-state index is 0.0669. The van der Waals surface area contributed by atoms with Gasteiger partial charge in [0.25, 0.3) is 0 Å². The van der Waals surface area contributed by atoms with Gasteiger partial charge >= 0.3 is 0 Å². The Morgan fingerprint density at radius 3 is 2.05 bits per heavy atom. The van der Waals surface area contributed by atoms with E-state index in [0.717, 1.165) is 6.42 Å². The van der Waals surface area contributed by atoms with Crippen LogP contribution in [-0.2, 0) is 9.59 Å². The van der Waals surface area contributed by atoms with Gasteiger partial charge < -0.3 is 15.5 Å². The minimum Gasteiger partial charge on any atom is -0.349 e. The quantitative estimate of drug-likeness (QED) is 0.718. The zero-order valence-electron chi connectivity index (χ0n) is 13.0. The summed E-state index contributed by atoms with van der Waals surface area (Å²) in [6.07, 6.45) is 2.28. The average molecular weight is 271 g/mol. The molecule has 0 saturated carbocycles. The highest BCUT2D eigenvalue weighted by atomic mass is 16.2. The van der Waals surface area contributed by atoms with Crippen molar-refractivity contribution >= 4 is 11.8 Å². The Morgan fingerprint density at radius 1 is 1.05 bits per heavy atom. The van der Waals surface area contributed by atoms with Crippen LogP contribution < -0.4 is 5.73 Å². The molecule has 0 radical (unpaired) electrons. The molecule has 0 aliphatic rings. The predicted octanol–water partition coefficient (Wildman–Crippen LogP) is 1.08. The first-order valence-electron chi connectivity index (χ1n) is 6.95. The minimum absolute atomic E-state index is 0.0669. The van der Waals surface area contributed by atoms with Crippen LogP contribution in [0.15, 0.2) is 0 Å². The number of hydrogen-bond acceptors (Lipinski definition) is 3. The Morgan fingerprint density at radius 2 is 1.58 bits per heavy atom. The van der Waals surface area contributed by atoms with Crippen molar-refractivity contribution in [3.63, 3.8) is 0 Å². The van der Waals surface area contributed by atoms with Gasteiger partial charge in [0.05, 0.1) is 0 Å². The van der Waals surface area contributed by atoms with Gasteiger partial charge in [-0.15, -0.1) is 0 Å². The maximum Gasteiger partial charge on any atom is 0.222 e. The standard InChI is InChI=1S/C14H29N3O2/c1-11(2)12(15)9-10-17(5)14(19)8-6-7-13(18)16(3)4/h11-12H,6-10,15H2,1-5H3. The third-order valence-corrected chi connectivity index (χ3v) is 3.36. The molecule has 0 heterocycles. The number of rotatable bonds is 8. The molecule has 0 aromatic heterocycles. The van der Waals surface area contributed by atoms with Crippen LogP contribution in [0.5, 0.6) is 0 Å². The lowest BCUT2D eigenvalue weighted by Gasteiger charge is -2.21. The summed E-state index contributed by atoms with van der Waals surface area (Å²) in [5.41, 5.74) is 5.95. The van der Waals surface area contributed by atoms with Crippen LogP contribution in [0.3, 0.4) is 0 Å². The van der Waals surface area contributed by atoms with Crippen LogP contribution in [0, 0.1) is 5.92 Å². The molecular weight excluding hydrogens is 242 g/mol. The van der Waals surface area contributed by atoms with Crippen molar-refractivity contribution < 1.29 is 9.59 Å². The van der Waals surface area contributed by atoms with Gasteiger partial charge in [-0.1, -0.05) is 13.8 Å². The van der Waals surface area contributed by atoms with E-state index in [-0.39, 0.29) is 17.9 Å². The summed E-state index contributed by atoms with van der Waals surface area (Å²) < 4.78 is 0. The van der Waals surface area contributed by atoms with Gasteiger partial charge in [-0.3, -0.25) is 9.59 Å². The molecule has 2 N–H and O–H groups in total. The van der Waals surface area contributed by atoms with E-state index in [1.54, 1.807) is 30.9 Å². The molecule has 0 saturated heterocycles. The van der Waals surface area contributed by atoms with Gasteiger partial charge in [0.2, 0.25) is 11.8 Å². The molecule has 0 bridgehead atoms. The van der Waals surface area contributed by atoms with E-state index in [1.165, 1.54) is 0 Å². The molecule has 19 heavy (non-hydrogen) atoms. The molecule has 0 fully saturated rings. The predicted molar refractivity (Wildman–Crippen MR) is 77.6 cm³/mol. The van der Waals surface area contributed by atoms with E-state index in [9.17, 15) is 9.59 Å². The van der Waals surface area contributed by atoms with Gasteiger partial charge in [0.15, 0.2) is 0 Å². The first kappa shape index (κ1) is 17.9. The third kappa shape index (κ3) is 7.82. The summed E-state index contributed by atoms with van der Waals surface area (Å²) in [6.45, 7) is 4.85. The van der Waals surface area contributed by atoms with Crippen LogP contribution in [0.2, 0.25) is 0 Å². The second-order valence-electron chi connectivity index (χ2n) is 5.65. The van der Waals surface area contributed by atoms with E-state index >= 15 is 0 Å². The van der Waals surface area contributed by atoms with Crippen LogP contribution in [0.4, 0.5) is 0 Å². The van der Waals surface area contributed by atoms with E-state index < -0.39 is 0 Å². The Hall–Kier alpha value is -1.10. The zero-order chi connectivity index (χ0) is 15.0. The number of carbonyl (C=O) groups excluding carboxylic acids is 2. The molecule has 112 valence electrons. The highest BCUT2D eigenvalue weighted by molar-refractivity contribution is 5.78. The first-order chi connectivity index (χ1) is 8.75. The molecule has 1 unspecified atom stereocenters. The third-order valence-electron chi connectivity index (χ3n) is 3.36. The second-order valence-corrected chi connectivity index (χ2v) is 5.65. The Labute approximate surface area is 117 Å². The number of amides is 2. The van der Waals surface area contributed by atoms with Crippen LogP contribution in [0.25, 0.3) is 0 Å². The Kier molecular flexibility index (Phi) is 8.39. The second kappa shape index (κ2) is 8.91. The molecule has 0 rings (SSSR count). The van der Waals surface area contributed by atoms with Crippen LogP contribution in [0.1, 0.15) is 39.5 Å². The number of nitrogens with two attached hydrogens (primary N) is 1. The smallest absolute Gasteiger partial charge is 0.222 e. The Bertz CT molecular complexity index is 290. The molecule has 2 amide bonds. The number of nitrogens with zero attached hydrogens (tertiary/aromatic N) is 2. The van der Waals surface area contributed by atoms with Crippen molar-refractivity contribution in [2.45, 2.75) is 45.6 Å². The fourth-order valence-corrected chi connectivity index (χ4v) is 1.61. The molecule has 5 heteroatoms. The molecular formula is C14H29N3O2. The maximum atomic E-state index is 11.8. The number of carbonyl (C=O) groups is 2. The van der Waals surface area contributed by atoms with E-state index in [2.05, 4.69) is 13.8 Å². The van der Waals surface area contributed by atoms with E-state index in [1.807, 2.05) is 0 Å². The summed E-state index contributed by atoms with van der Waals surface area (Å²) in [6, 6.07) is 0.130. The molecule has 0 aromatic rings. The molecule has 0 aliphatic heterocycles. The topological polar surface area (TPSA) is 66.6 Å². The highest BCUT2D eigenvalue weighted by Gasteiger charge is 2.13. The lowest BCUT2D eigenvalue weighted by Crippen LogP contribution is -2.34. The summed E-state index contributed by atoms with van der Waals surface area (Å²) in [4.78, 5) is 26.5. The lowest BCUT2D eigenvalue weighted by atomic mass is 10.0. The first-order valence-corrected chi connectivity index (χ1v) is 6.95. The monoisotopic (exact) mass is 271 g/mol. The summed E-state index contributed by atoms with van der Waals surface area (Å²) in [5, 5.41) is 0. The summed E-state index contributed by atoms with van der Waals surface area (Å²) >= 11 is 0. The van der Waals surface area contributed by atoms with Crippen LogP contribution in [-0.4, -0.2) is 55.3 Å².